The highest BCUT2D eigenvalue weighted by atomic mass is 16.5. The van der Waals surface area contributed by atoms with Crippen molar-refractivity contribution in [1.82, 2.24) is 9.13 Å². The molecule has 1 aromatic heterocycles. The molecule has 0 unspecified atom stereocenters. The zero-order chi connectivity index (χ0) is 14.0. The lowest BCUT2D eigenvalue weighted by atomic mass is 10.1. The summed E-state index contributed by atoms with van der Waals surface area (Å²) < 4.78 is 7.69. The molecule has 2 rings (SSSR count). The minimum absolute atomic E-state index is 0.126. The summed E-state index contributed by atoms with van der Waals surface area (Å²) in [5, 5.41) is 0. The molecule has 2 aromatic rings. The molecule has 0 aliphatic rings. The molecular formula is C13H15N3O3. The van der Waals surface area contributed by atoms with Crippen LogP contribution in [0, 0.1) is 0 Å². The normalized spacial score (nSPS) is 10.4. The van der Waals surface area contributed by atoms with E-state index in [0.717, 1.165) is 4.57 Å². The number of aryl methyl sites for hydroxylation is 1. The molecule has 2 N–H and O–H groups in total. The Morgan fingerprint density at radius 1 is 1.26 bits per heavy atom. The van der Waals surface area contributed by atoms with E-state index >= 15 is 0 Å². The minimum Gasteiger partial charge on any atom is -0.496 e. The fourth-order valence-corrected chi connectivity index (χ4v) is 1.85. The van der Waals surface area contributed by atoms with Crippen LogP contribution in [0.4, 0.5) is 5.69 Å². The van der Waals surface area contributed by atoms with Gasteiger partial charge in [-0.05, 0) is 18.2 Å². The van der Waals surface area contributed by atoms with Crippen molar-refractivity contribution >= 4 is 5.69 Å². The topological polar surface area (TPSA) is 79.2 Å². The molecule has 0 saturated heterocycles. The maximum absolute atomic E-state index is 11.9. The minimum atomic E-state index is -0.378. The molecule has 19 heavy (non-hydrogen) atoms. The Labute approximate surface area is 109 Å². The van der Waals surface area contributed by atoms with Crippen LogP contribution in [0.5, 0.6) is 5.75 Å². The summed E-state index contributed by atoms with van der Waals surface area (Å²) in [6.45, 7) is 0.126. The molecule has 0 saturated carbocycles. The zero-order valence-corrected chi connectivity index (χ0v) is 10.8. The SMILES string of the molecule is COc1ccc(N)cc1Cn1c(=O)ccn(C)c1=O. The number of ether oxygens (including phenoxy) is 1. The number of hydrogen-bond donors (Lipinski definition) is 1. The van der Waals surface area contributed by atoms with E-state index in [1.807, 2.05) is 0 Å². The summed E-state index contributed by atoms with van der Waals surface area (Å²) in [4.78, 5) is 23.7. The summed E-state index contributed by atoms with van der Waals surface area (Å²) >= 11 is 0. The summed E-state index contributed by atoms with van der Waals surface area (Å²) in [5.41, 5.74) is 6.22. The lowest BCUT2D eigenvalue weighted by Crippen LogP contribution is -2.38. The molecule has 0 fully saturated rings. The van der Waals surface area contributed by atoms with Crippen molar-refractivity contribution in [2.75, 3.05) is 12.8 Å². The number of nitrogens with zero attached hydrogens (tertiary/aromatic N) is 2. The molecule has 0 bridgehead atoms. The van der Waals surface area contributed by atoms with Gasteiger partial charge in [0.1, 0.15) is 5.75 Å². The third-order valence-corrected chi connectivity index (χ3v) is 2.87. The van der Waals surface area contributed by atoms with Crippen LogP contribution >= 0.6 is 0 Å². The van der Waals surface area contributed by atoms with Crippen LogP contribution in [-0.2, 0) is 13.6 Å². The highest BCUT2D eigenvalue weighted by Crippen LogP contribution is 2.21. The first-order valence-corrected chi connectivity index (χ1v) is 5.72. The van der Waals surface area contributed by atoms with Crippen LogP contribution in [0.3, 0.4) is 0 Å². The first-order chi connectivity index (χ1) is 9.02. The van der Waals surface area contributed by atoms with Gasteiger partial charge in [-0.3, -0.25) is 9.36 Å². The number of nitrogens with two attached hydrogens (primary N) is 1. The van der Waals surface area contributed by atoms with Gasteiger partial charge < -0.3 is 15.0 Å². The summed E-state index contributed by atoms with van der Waals surface area (Å²) in [5.74, 6) is 0.590. The van der Waals surface area contributed by atoms with Crippen LogP contribution in [0.25, 0.3) is 0 Å². The number of benzene rings is 1. The number of nitrogen functional groups attached to an aromatic ring is 1. The lowest BCUT2D eigenvalue weighted by Gasteiger charge is -2.11. The van der Waals surface area contributed by atoms with E-state index in [4.69, 9.17) is 10.5 Å². The summed E-state index contributed by atoms with van der Waals surface area (Å²) in [6, 6.07) is 6.45. The second-order valence-electron chi connectivity index (χ2n) is 4.20. The van der Waals surface area contributed by atoms with E-state index in [1.165, 1.54) is 23.9 Å². The molecule has 100 valence electrons. The monoisotopic (exact) mass is 261 g/mol. The van der Waals surface area contributed by atoms with Gasteiger partial charge in [0.05, 0.1) is 13.7 Å². The zero-order valence-electron chi connectivity index (χ0n) is 10.8. The molecular weight excluding hydrogens is 246 g/mol. The highest BCUT2D eigenvalue weighted by Gasteiger charge is 2.08. The third-order valence-electron chi connectivity index (χ3n) is 2.87. The molecule has 0 atom stereocenters. The van der Waals surface area contributed by atoms with Gasteiger partial charge in [-0.2, -0.15) is 0 Å². The Morgan fingerprint density at radius 3 is 2.68 bits per heavy atom. The first-order valence-electron chi connectivity index (χ1n) is 5.72. The van der Waals surface area contributed by atoms with Crippen molar-refractivity contribution in [2.45, 2.75) is 6.54 Å². The lowest BCUT2D eigenvalue weighted by molar-refractivity contribution is 0.407. The average molecular weight is 261 g/mol. The molecule has 0 spiro atoms. The predicted molar refractivity (Wildman–Crippen MR) is 72.5 cm³/mol. The van der Waals surface area contributed by atoms with E-state index in [1.54, 1.807) is 25.2 Å². The van der Waals surface area contributed by atoms with Gasteiger partial charge in [-0.25, -0.2) is 4.79 Å². The smallest absolute Gasteiger partial charge is 0.331 e. The molecule has 0 aliphatic carbocycles. The molecule has 6 heteroatoms. The van der Waals surface area contributed by atoms with Crippen molar-refractivity contribution < 1.29 is 4.74 Å². The van der Waals surface area contributed by atoms with Gasteiger partial charge in [0.15, 0.2) is 0 Å². The first kappa shape index (κ1) is 12.9. The fraction of sp³-hybridized carbons (Fsp3) is 0.231. The second-order valence-corrected chi connectivity index (χ2v) is 4.20. The van der Waals surface area contributed by atoms with E-state index < -0.39 is 0 Å². The van der Waals surface area contributed by atoms with Gasteiger partial charge in [0.25, 0.3) is 5.56 Å². The van der Waals surface area contributed by atoms with E-state index in [0.29, 0.717) is 17.0 Å². The van der Waals surface area contributed by atoms with Gasteiger partial charge in [0.2, 0.25) is 0 Å². The fourth-order valence-electron chi connectivity index (χ4n) is 1.85. The second kappa shape index (κ2) is 5.01. The Balaban J connectivity index is 2.53. The Kier molecular flexibility index (Phi) is 3.41. The van der Waals surface area contributed by atoms with Crippen molar-refractivity contribution in [3.8, 4) is 5.75 Å². The molecule has 0 aliphatic heterocycles. The number of hydrogen-bond acceptors (Lipinski definition) is 4. The van der Waals surface area contributed by atoms with Crippen molar-refractivity contribution in [2.24, 2.45) is 7.05 Å². The number of methoxy groups -OCH3 is 1. The van der Waals surface area contributed by atoms with Crippen LogP contribution in [-0.4, -0.2) is 16.2 Å². The number of aromatic nitrogens is 2. The van der Waals surface area contributed by atoms with Crippen LogP contribution < -0.4 is 21.7 Å². The maximum Gasteiger partial charge on any atom is 0.331 e. The van der Waals surface area contributed by atoms with E-state index in [-0.39, 0.29) is 17.8 Å². The standard InChI is InChI=1S/C13H15N3O3/c1-15-6-5-12(17)16(13(15)18)8-9-7-10(14)3-4-11(9)19-2/h3-7H,8,14H2,1-2H3. The molecule has 0 amide bonds. The number of rotatable bonds is 3. The maximum atomic E-state index is 11.9. The van der Waals surface area contributed by atoms with Crippen molar-refractivity contribution in [3.05, 3.63) is 56.9 Å². The van der Waals surface area contributed by atoms with E-state index in [2.05, 4.69) is 0 Å². The molecule has 6 nitrogen and oxygen atoms in total. The molecule has 1 aromatic carbocycles. The van der Waals surface area contributed by atoms with Crippen molar-refractivity contribution in [3.63, 3.8) is 0 Å². The molecule has 0 radical (unpaired) electrons. The van der Waals surface area contributed by atoms with Crippen LogP contribution in [0.15, 0.2) is 40.1 Å². The average Bonchev–Trinajstić information content (AvgIpc) is 2.39. The largest absolute Gasteiger partial charge is 0.496 e. The van der Waals surface area contributed by atoms with Gasteiger partial charge >= 0.3 is 5.69 Å². The quantitative estimate of drug-likeness (QED) is 0.800. The Bertz CT molecular complexity index is 716. The summed E-state index contributed by atoms with van der Waals surface area (Å²) in [7, 11) is 3.12. The molecule has 1 heterocycles. The van der Waals surface area contributed by atoms with Crippen molar-refractivity contribution in [1.29, 1.82) is 0 Å². The van der Waals surface area contributed by atoms with E-state index in [9.17, 15) is 9.59 Å². The number of anilines is 1. The summed E-state index contributed by atoms with van der Waals surface area (Å²) in [6.07, 6.45) is 1.44. The third kappa shape index (κ3) is 2.52. The predicted octanol–water partition coefficient (Wildman–Crippen LogP) is 0.186. The van der Waals surface area contributed by atoms with Gasteiger partial charge in [-0.15, -0.1) is 0 Å². The van der Waals surface area contributed by atoms with Crippen LogP contribution in [0.1, 0.15) is 5.56 Å². The van der Waals surface area contributed by atoms with Gasteiger partial charge in [-0.1, -0.05) is 0 Å². The van der Waals surface area contributed by atoms with Crippen LogP contribution in [0.2, 0.25) is 0 Å². The Hall–Kier alpha value is -2.50. The Morgan fingerprint density at radius 2 is 2.00 bits per heavy atom. The van der Waals surface area contributed by atoms with Gasteiger partial charge in [0, 0.05) is 30.6 Å². The highest BCUT2D eigenvalue weighted by molar-refractivity contribution is 5.47.